The molecular weight excluding hydrogens is 260 g/mol. The molecule has 2 atom stereocenters. The van der Waals surface area contributed by atoms with Gasteiger partial charge < -0.3 is 10.1 Å². The Bertz CT molecular complexity index is 452. The van der Waals surface area contributed by atoms with E-state index in [1.54, 1.807) is 7.11 Å². The fourth-order valence-electron chi connectivity index (χ4n) is 3.36. The molecule has 2 saturated heterocycles. The second kappa shape index (κ2) is 5.70. The normalized spacial score (nSPS) is 27.3. The number of nitrogens with zero attached hydrogens (tertiary/aromatic N) is 1. The summed E-state index contributed by atoms with van der Waals surface area (Å²) in [7, 11) is 1.71. The van der Waals surface area contributed by atoms with Gasteiger partial charge in [0.2, 0.25) is 0 Å². The number of likely N-dealkylation sites (tertiary alicyclic amines) is 1. The third kappa shape index (κ3) is 2.73. The second-order valence-electron chi connectivity index (χ2n) is 5.62. The summed E-state index contributed by atoms with van der Waals surface area (Å²) in [6.45, 7) is 5.60. The maximum Gasteiger partial charge on any atom is 0.124 e. The van der Waals surface area contributed by atoms with Gasteiger partial charge >= 0.3 is 0 Å². The molecule has 1 N–H and O–H groups in total. The number of piperidine rings is 1. The van der Waals surface area contributed by atoms with Crippen molar-refractivity contribution >= 4 is 11.6 Å². The Labute approximate surface area is 119 Å². The summed E-state index contributed by atoms with van der Waals surface area (Å²) in [5.74, 6) is 2.59. The fourth-order valence-corrected chi connectivity index (χ4v) is 3.59. The molecule has 0 aliphatic carbocycles. The maximum absolute atomic E-state index is 6.32. The molecule has 104 valence electrons. The molecule has 3 rings (SSSR count). The number of hydrogen-bond donors (Lipinski definition) is 1. The molecule has 4 heteroatoms. The van der Waals surface area contributed by atoms with E-state index in [2.05, 4.69) is 10.2 Å². The van der Waals surface area contributed by atoms with Crippen LogP contribution in [-0.2, 0) is 6.54 Å². The SMILES string of the molecule is COc1cccc(Cl)c1CN1CCC2CNCC2C1. The molecule has 2 aliphatic heterocycles. The molecule has 0 aromatic heterocycles. The van der Waals surface area contributed by atoms with Crippen molar-refractivity contribution in [3.63, 3.8) is 0 Å². The molecule has 2 fully saturated rings. The van der Waals surface area contributed by atoms with Gasteiger partial charge in [-0.15, -0.1) is 0 Å². The van der Waals surface area contributed by atoms with Crippen molar-refractivity contribution in [2.45, 2.75) is 13.0 Å². The molecule has 0 amide bonds. The van der Waals surface area contributed by atoms with Crippen molar-refractivity contribution in [3.05, 3.63) is 28.8 Å². The Kier molecular flexibility index (Phi) is 3.96. The molecule has 0 saturated carbocycles. The Balaban J connectivity index is 1.71. The quantitative estimate of drug-likeness (QED) is 0.920. The minimum Gasteiger partial charge on any atom is -0.496 e. The van der Waals surface area contributed by atoms with Crippen LogP contribution in [0.1, 0.15) is 12.0 Å². The van der Waals surface area contributed by atoms with Gasteiger partial charge in [0.15, 0.2) is 0 Å². The van der Waals surface area contributed by atoms with E-state index in [4.69, 9.17) is 16.3 Å². The van der Waals surface area contributed by atoms with Gasteiger partial charge in [0, 0.05) is 23.7 Å². The molecule has 0 radical (unpaired) electrons. The molecule has 3 nitrogen and oxygen atoms in total. The smallest absolute Gasteiger partial charge is 0.124 e. The van der Waals surface area contributed by atoms with Crippen molar-refractivity contribution < 1.29 is 4.74 Å². The van der Waals surface area contributed by atoms with Crippen LogP contribution in [0.25, 0.3) is 0 Å². The van der Waals surface area contributed by atoms with Gasteiger partial charge in [0.25, 0.3) is 0 Å². The molecule has 1 aromatic carbocycles. The summed E-state index contributed by atoms with van der Waals surface area (Å²) >= 11 is 6.32. The van der Waals surface area contributed by atoms with Gasteiger partial charge in [-0.05, 0) is 50.0 Å². The third-order valence-corrected chi connectivity index (χ3v) is 4.82. The zero-order valence-electron chi connectivity index (χ0n) is 11.4. The van der Waals surface area contributed by atoms with Crippen LogP contribution >= 0.6 is 11.6 Å². The lowest BCUT2D eigenvalue weighted by molar-refractivity contribution is 0.141. The van der Waals surface area contributed by atoms with Crippen LogP contribution in [-0.4, -0.2) is 38.2 Å². The number of benzene rings is 1. The topological polar surface area (TPSA) is 24.5 Å². The predicted molar refractivity (Wildman–Crippen MR) is 77.7 cm³/mol. The lowest BCUT2D eigenvalue weighted by atomic mass is 9.88. The van der Waals surface area contributed by atoms with Gasteiger partial charge in [-0.1, -0.05) is 17.7 Å². The molecule has 2 aliphatic rings. The molecular formula is C15H21ClN2O. The summed E-state index contributed by atoms with van der Waals surface area (Å²) < 4.78 is 5.43. The first-order chi connectivity index (χ1) is 9.28. The van der Waals surface area contributed by atoms with Gasteiger partial charge in [-0.2, -0.15) is 0 Å². The van der Waals surface area contributed by atoms with Crippen LogP contribution in [0.3, 0.4) is 0 Å². The summed E-state index contributed by atoms with van der Waals surface area (Å²) in [5, 5.41) is 4.32. The number of fused-ring (bicyclic) bond motifs is 1. The highest BCUT2D eigenvalue weighted by Gasteiger charge is 2.32. The van der Waals surface area contributed by atoms with Crippen LogP contribution in [0.2, 0.25) is 5.02 Å². The van der Waals surface area contributed by atoms with Gasteiger partial charge in [0.1, 0.15) is 5.75 Å². The van der Waals surface area contributed by atoms with Gasteiger partial charge in [-0.3, -0.25) is 4.90 Å². The first-order valence-corrected chi connectivity index (χ1v) is 7.40. The number of rotatable bonds is 3. The van der Waals surface area contributed by atoms with Crippen LogP contribution in [0.15, 0.2) is 18.2 Å². The van der Waals surface area contributed by atoms with Crippen LogP contribution in [0, 0.1) is 11.8 Å². The zero-order chi connectivity index (χ0) is 13.2. The Morgan fingerprint density at radius 3 is 3.05 bits per heavy atom. The summed E-state index contributed by atoms with van der Waals surface area (Å²) in [5.41, 5.74) is 1.12. The van der Waals surface area contributed by atoms with Crippen molar-refractivity contribution in [1.82, 2.24) is 10.2 Å². The van der Waals surface area contributed by atoms with E-state index in [9.17, 15) is 0 Å². The van der Waals surface area contributed by atoms with E-state index in [0.29, 0.717) is 0 Å². The number of ether oxygens (including phenoxy) is 1. The highest BCUT2D eigenvalue weighted by atomic mass is 35.5. The Morgan fingerprint density at radius 1 is 1.37 bits per heavy atom. The van der Waals surface area contributed by atoms with Gasteiger partial charge in [0.05, 0.1) is 7.11 Å². The van der Waals surface area contributed by atoms with E-state index in [1.165, 1.54) is 26.1 Å². The molecule has 2 unspecified atom stereocenters. The van der Waals surface area contributed by atoms with Crippen molar-refractivity contribution in [1.29, 1.82) is 0 Å². The van der Waals surface area contributed by atoms with Crippen molar-refractivity contribution in [2.75, 3.05) is 33.3 Å². The lowest BCUT2D eigenvalue weighted by Crippen LogP contribution is -2.39. The fraction of sp³-hybridized carbons (Fsp3) is 0.600. The summed E-state index contributed by atoms with van der Waals surface area (Å²) in [4.78, 5) is 2.51. The molecule has 0 bridgehead atoms. The van der Waals surface area contributed by atoms with E-state index in [0.717, 1.165) is 41.3 Å². The minimum absolute atomic E-state index is 0.808. The standard InChI is InChI=1S/C15H21ClN2O/c1-19-15-4-2-3-14(16)13(15)10-18-6-5-11-7-17-8-12(11)9-18/h2-4,11-12,17H,5-10H2,1H3. The molecule has 1 aromatic rings. The van der Waals surface area contributed by atoms with E-state index in [1.807, 2.05) is 18.2 Å². The van der Waals surface area contributed by atoms with Crippen LogP contribution in [0.5, 0.6) is 5.75 Å². The van der Waals surface area contributed by atoms with E-state index >= 15 is 0 Å². The zero-order valence-corrected chi connectivity index (χ0v) is 12.1. The second-order valence-corrected chi connectivity index (χ2v) is 6.03. The first kappa shape index (κ1) is 13.2. The highest BCUT2D eigenvalue weighted by molar-refractivity contribution is 6.31. The van der Waals surface area contributed by atoms with Crippen LogP contribution < -0.4 is 10.1 Å². The van der Waals surface area contributed by atoms with Crippen molar-refractivity contribution in [3.8, 4) is 5.75 Å². The molecule has 19 heavy (non-hydrogen) atoms. The predicted octanol–water partition coefficient (Wildman–Crippen LogP) is 2.39. The Morgan fingerprint density at radius 2 is 2.21 bits per heavy atom. The number of nitrogens with one attached hydrogen (secondary N) is 1. The lowest BCUT2D eigenvalue weighted by Gasteiger charge is -2.34. The third-order valence-electron chi connectivity index (χ3n) is 4.47. The Hall–Kier alpha value is -0.770. The summed E-state index contributed by atoms with van der Waals surface area (Å²) in [6, 6.07) is 5.88. The average Bonchev–Trinajstić information content (AvgIpc) is 2.88. The van der Waals surface area contributed by atoms with E-state index < -0.39 is 0 Å². The minimum atomic E-state index is 0.808. The van der Waals surface area contributed by atoms with Crippen LogP contribution in [0.4, 0.5) is 0 Å². The average molecular weight is 281 g/mol. The van der Waals surface area contributed by atoms with Crippen molar-refractivity contribution in [2.24, 2.45) is 11.8 Å². The monoisotopic (exact) mass is 280 g/mol. The number of halogens is 1. The maximum atomic E-state index is 6.32. The summed E-state index contributed by atoms with van der Waals surface area (Å²) in [6.07, 6.45) is 1.30. The molecule has 2 heterocycles. The number of hydrogen-bond acceptors (Lipinski definition) is 3. The van der Waals surface area contributed by atoms with E-state index in [-0.39, 0.29) is 0 Å². The largest absolute Gasteiger partial charge is 0.496 e. The first-order valence-electron chi connectivity index (χ1n) is 7.02. The van der Waals surface area contributed by atoms with Gasteiger partial charge in [-0.25, -0.2) is 0 Å². The molecule has 0 spiro atoms. The number of methoxy groups -OCH3 is 1. The highest BCUT2D eigenvalue weighted by Crippen LogP contribution is 2.31.